The maximum Gasteiger partial charge on any atom is 0.0378 e. The summed E-state index contributed by atoms with van der Waals surface area (Å²) in [4.78, 5) is 5.33. The lowest BCUT2D eigenvalue weighted by Crippen LogP contribution is -2.26. The number of benzene rings is 1. The highest BCUT2D eigenvalue weighted by molar-refractivity contribution is 7.99. The van der Waals surface area contributed by atoms with Crippen LogP contribution in [0.1, 0.15) is 11.1 Å². The molecule has 0 saturated carbocycles. The lowest BCUT2D eigenvalue weighted by atomic mass is 10.1. The van der Waals surface area contributed by atoms with Crippen LogP contribution < -0.4 is 11.5 Å². The Labute approximate surface area is 118 Å². The van der Waals surface area contributed by atoms with Gasteiger partial charge in [-0.25, -0.2) is 0 Å². The summed E-state index contributed by atoms with van der Waals surface area (Å²) in [5.41, 5.74) is 15.1. The van der Waals surface area contributed by atoms with Gasteiger partial charge in [0.2, 0.25) is 0 Å². The summed E-state index contributed by atoms with van der Waals surface area (Å²) in [6, 6.07) is 10.4. The lowest BCUT2D eigenvalue weighted by molar-refractivity contribution is 0.747. The number of thioether (sulfide) groups is 1. The lowest BCUT2D eigenvalue weighted by Gasteiger charge is -2.12. The van der Waals surface area contributed by atoms with Gasteiger partial charge in [-0.2, -0.15) is 0 Å². The van der Waals surface area contributed by atoms with E-state index < -0.39 is 0 Å². The van der Waals surface area contributed by atoms with Gasteiger partial charge in [0.25, 0.3) is 0 Å². The fourth-order valence-corrected chi connectivity index (χ4v) is 2.64. The van der Waals surface area contributed by atoms with E-state index in [0.717, 1.165) is 23.4 Å². The summed E-state index contributed by atoms with van der Waals surface area (Å²) in [6.45, 7) is 2.09. The SMILES string of the molecule is Cc1ccc(SCC(N)Cc2cnccc2N)cc1. The molecule has 0 aliphatic heterocycles. The van der Waals surface area contributed by atoms with E-state index in [1.165, 1.54) is 10.5 Å². The molecule has 0 fully saturated rings. The third-order valence-electron chi connectivity index (χ3n) is 2.91. The van der Waals surface area contributed by atoms with Crippen molar-refractivity contribution in [2.75, 3.05) is 11.5 Å². The second-order valence-corrected chi connectivity index (χ2v) is 5.76. The van der Waals surface area contributed by atoms with Crippen molar-refractivity contribution in [2.24, 2.45) is 5.73 Å². The number of anilines is 1. The van der Waals surface area contributed by atoms with Gasteiger partial charge in [0.15, 0.2) is 0 Å². The van der Waals surface area contributed by atoms with E-state index in [-0.39, 0.29) is 6.04 Å². The van der Waals surface area contributed by atoms with Crippen molar-refractivity contribution in [3.8, 4) is 0 Å². The van der Waals surface area contributed by atoms with Crippen molar-refractivity contribution >= 4 is 17.4 Å². The van der Waals surface area contributed by atoms with E-state index in [4.69, 9.17) is 11.5 Å². The number of hydrogen-bond donors (Lipinski definition) is 2. The fraction of sp³-hybridized carbons (Fsp3) is 0.267. The zero-order valence-electron chi connectivity index (χ0n) is 11.0. The number of rotatable bonds is 5. The van der Waals surface area contributed by atoms with Crippen molar-refractivity contribution in [3.05, 3.63) is 53.9 Å². The van der Waals surface area contributed by atoms with Crippen LogP contribution in [0.2, 0.25) is 0 Å². The molecule has 1 aromatic heterocycles. The van der Waals surface area contributed by atoms with Crippen LogP contribution in [0.15, 0.2) is 47.6 Å². The van der Waals surface area contributed by atoms with Gasteiger partial charge in [-0.05, 0) is 37.1 Å². The van der Waals surface area contributed by atoms with Crippen molar-refractivity contribution in [3.63, 3.8) is 0 Å². The number of pyridine rings is 1. The van der Waals surface area contributed by atoms with Gasteiger partial charge in [-0.1, -0.05) is 17.7 Å². The Bertz CT molecular complexity index is 525. The highest BCUT2D eigenvalue weighted by Gasteiger charge is 2.07. The van der Waals surface area contributed by atoms with Gasteiger partial charge in [-0.15, -0.1) is 11.8 Å². The molecule has 19 heavy (non-hydrogen) atoms. The van der Waals surface area contributed by atoms with E-state index in [0.29, 0.717) is 0 Å². The number of nitrogens with two attached hydrogens (primary N) is 2. The van der Waals surface area contributed by atoms with E-state index in [1.807, 2.05) is 6.07 Å². The molecule has 0 aliphatic carbocycles. The van der Waals surface area contributed by atoms with Crippen LogP contribution in [0.5, 0.6) is 0 Å². The maximum atomic E-state index is 6.15. The number of nitrogen functional groups attached to an aromatic ring is 1. The summed E-state index contributed by atoms with van der Waals surface area (Å²) in [7, 11) is 0. The standard InChI is InChI=1S/C15H19N3S/c1-11-2-4-14(5-3-11)19-10-13(16)8-12-9-18-7-6-15(12)17/h2-7,9,13H,8,10,16H2,1H3,(H2,17,18). The molecule has 0 amide bonds. The molecule has 1 atom stereocenters. The van der Waals surface area contributed by atoms with Crippen LogP contribution in [-0.4, -0.2) is 16.8 Å². The van der Waals surface area contributed by atoms with Crippen LogP contribution in [-0.2, 0) is 6.42 Å². The van der Waals surface area contributed by atoms with Crippen molar-refractivity contribution in [1.29, 1.82) is 0 Å². The van der Waals surface area contributed by atoms with E-state index >= 15 is 0 Å². The Morgan fingerprint density at radius 2 is 1.95 bits per heavy atom. The molecule has 3 nitrogen and oxygen atoms in total. The molecule has 0 aliphatic rings. The zero-order valence-corrected chi connectivity index (χ0v) is 11.9. The molecule has 1 heterocycles. The van der Waals surface area contributed by atoms with Gasteiger partial charge in [0.05, 0.1) is 0 Å². The molecular weight excluding hydrogens is 254 g/mol. The highest BCUT2D eigenvalue weighted by Crippen LogP contribution is 2.20. The quantitative estimate of drug-likeness (QED) is 0.822. The van der Waals surface area contributed by atoms with Gasteiger partial charge in [-0.3, -0.25) is 4.98 Å². The molecule has 4 heteroatoms. The predicted octanol–water partition coefficient (Wildman–Crippen LogP) is 2.63. The molecule has 2 rings (SSSR count). The predicted molar refractivity (Wildman–Crippen MR) is 82.2 cm³/mol. The first-order valence-electron chi connectivity index (χ1n) is 6.28. The van der Waals surface area contributed by atoms with Gasteiger partial charge in [0, 0.05) is 34.8 Å². The minimum Gasteiger partial charge on any atom is -0.398 e. The summed E-state index contributed by atoms with van der Waals surface area (Å²) in [6.07, 6.45) is 4.26. The minimum atomic E-state index is 0.0813. The average Bonchev–Trinajstić information content (AvgIpc) is 2.41. The Balaban J connectivity index is 1.86. The monoisotopic (exact) mass is 273 g/mol. The largest absolute Gasteiger partial charge is 0.398 e. The number of nitrogens with zero attached hydrogens (tertiary/aromatic N) is 1. The second-order valence-electron chi connectivity index (χ2n) is 4.66. The zero-order chi connectivity index (χ0) is 13.7. The second kappa shape index (κ2) is 6.59. The molecule has 2 aromatic rings. The Kier molecular flexibility index (Phi) is 4.82. The number of aromatic nitrogens is 1. The summed E-state index contributed by atoms with van der Waals surface area (Å²) < 4.78 is 0. The number of aryl methyl sites for hydroxylation is 1. The Morgan fingerprint density at radius 3 is 2.63 bits per heavy atom. The third-order valence-corrected chi connectivity index (χ3v) is 4.11. The van der Waals surface area contributed by atoms with Gasteiger partial charge >= 0.3 is 0 Å². The van der Waals surface area contributed by atoms with Crippen molar-refractivity contribution < 1.29 is 0 Å². The van der Waals surface area contributed by atoms with Crippen LogP contribution >= 0.6 is 11.8 Å². The summed E-state index contributed by atoms with van der Waals surface area (Å²) in [5, 5.41) is 0. The summed E-state index contributed by atoms with van der Waals surface area (Å²) >= 11 is 1.78. The first-order valence-corrected chi connectivity index (χ1v) is 7.27. The van der Waals surface area contributed by atoms with E-state index in [9.17, 15) is 0 Å². The molecular formula is C15H19N3S. The van der Waals surface area contributed by atoms with Crippen LogP contribution in [0.25, 0.3) is 0 Å². The highest BCUT2D eigenvalue weighted by atomic mass is 32.2. The number of hydrogen-bond acceptors (Lipinski definition) is 4. The van der Waals surface area contributed by atoms with Crippen molar-refractivity contribution in [1.82, 2.24) is 4.98 Å². The molecule has 1 unspecified atom stereocenters. The third kappa shape index (κ3) is 4.26. The molecule has 0 saturated heterocycles. The molecule has 4 N–H and O–H groups in total. The van der Waals surface area contributed by atoms with Crippen LogP contribution in [0, 0.1) is 6.92 Å². The van der Waals surface area contributed by atoms with Crippen molar-refractivity contribution in [2.45, 2.75) is 24.3 Å². The Morgan fingerprint density at radius 1 is 1.21 bits per heavy atom. The Hall–Kier alpha value is -1.52. The van der Waals surface area contributed by atoms with Gasteiger partial charge in [0.1, 0.15) is 0 Å². The first kappa shape index (κ1) is 13.9. The van der Waals surface area contributed by atoms with E-state index in [2.05, 4.69) is 36.2 Å². The van der Waals surface area contributed by atoms with Crippen LogP contribution in [0.4, 0.5) is 5.69 Å². The molecule has 0 radical (unpaired) electrons. The summed E-state index contributed by atoms with van der Waals surface area (Å²) in [5.74, 6) is 0.872. The molecule has 0 spiro atoms. The van der Waals surface area contributed by atoms with Gasteiger partial charge < -0.3 is 11.5 Å². The van der Waals surface area contributed by atoms with E-state index in [1.54, 1.807) is 24.2 Å². The topological polar surface area (TPSA) is 64.9 Å². The maximum absolute atomic E-state index is 6.15. The smallest absolute Gasteiger partial charge is 0.0378 e. The fourth-order valence-electron chi connectivity index (χ4n) is 1.79. The first-order chi connectivity index (χ1) is 9.15. The minimum absolute atomic E-state index is 0.0813. The molecule has 0 bridgehead atoms. The molecule has 1 aromatic carbocycles. The van der Waals surface area contributed by atoms with Crippen LogP contribution in [0.3, 0.4) is 0 Å². The molecule has 100 valence electrons. The average molecular weight is 273 g/mol. The normalized spacial score (nSPS) is 12.3.